The predicted octanol–water partition coefficient (Wildman–Crippen LogP) is 4.44. The van der Waals surface area contributed by atoms with Crippen molar-refractivity contribution in [3.8, 4) is 28.7 Å². The van der Waals surface area contributed by atoms with E-state index in [4.69, 9.17) is 28.4 Å². The minimum atomic E-state index is -0.532. The number of thiophene rings is 1. The lowest BCUT2D eigenvalue weighted by Crippen LogP contribution is -2.14. The van der Waals surface area contributed by atoms with E-state index in [1.54, 1.807) is 12.1 Å². The molecule has 10 heteroatoms. The maximum atomic E-state index is 13.2. The number of anilines is 1. The summed E-state index contributed by atoms with van der Waals surface area (Å²) in [6.45, 7) is 2.03. The Morgan fingerprint density at radius 3 is 2.29 bits per heavy atom. The van der Waals surface area contributed by atoms with Crippen LogP contribution in [0.4, 0.5) is 5.00 Å². The van der Waals surface area contributed by atoms with E-state index in [0.29, 0.717) is 45.7 Å². The highest BCUT2D eigenvalue weighted by molar-refractivity contribution is 7.17. The lowest BCUT2D eigenvalue weighted by Gasteiger charge is -2.14. The van der Waals surface area contributed by atoms with Crippen molar-refractivity contribution in [1.29, 1.82) is 0 Å². The second kappa shape index (κ2) is 10.1. The normalized spacial score (nSPS) is 11.7. The van der Waals surface area contributed by atoms with Gasteiger partial charge in [0.2, 0.25) is 12.5 Å². The monoisotopic (exact) mass is 499 g/mol. The lowest BCUT2D eigenvalue weighted by atomic mass is 10.1. The maximum Gasteiger partial charge on any atom is 0.341 e. The van der Waals surface area contributed by atoms with Gasteiger partial charge >= 0.3 is 5.97 Å². The van der Waals surface area contributed by atoms with Gasteiger partial charge in [0.1, 0.15) is 5.00 Å². The average Bonchev–Trinajstić information content (AvgIpc) is 3.46. The largest absolute Gasteiger partial charge is 0.493 e. The fraction of sp³-hybridized carbons (Fsp3) is 0.280. The van der Waals surface area contributed by atoms with Gasteiger partial charge in [0.05, 0.1) is 34.0 Å². The quantitative estimate of drug-likeness (QED) is 0.454. The Morgan fingerprint density at radius 1 is 0.971 bits per heavy atom. The molecule has 184 valence electrons. The van der Waals surface area contributed by atoms with Gasteiger partial charge in [-0.3, -0.25) is 4.79 Å². The van der Waals surface area contributed by atoms with Crippen LogP contribution in [0.2, 0.25) is 0 Å². The van der Waals surface area contributed by atoms with Crippen LogP contribution in [0.3, 0.4) is 0 Å². The van der Waals surface area contributed by atoms with E-state index in [-0.39, 0.29) is 12.4 Å². The van der Waals surface area contributed by atoms with Gasteiger partial charge in [-0.15, -0.1) is 11.3 Å². The molecule has 0 spiro atoms. The van der Waals surface area contributed by atoms with E-state index < -0.39 is 11.9 Å². The minimum absolute atomic E-state index is 0.195. The topological polar surface area (TPSA) is 102 Å². The molecule has 1 amide bonds. The number of benzene rings is 2. The molecule has 4 rings (SSSR count). The molecule has 35 heavy (non-hydrogen) atoms. The molecule has 0 aliphatic carbocycles. The number of fused-ring (bicyclic) bond motifs is 1. The van der Waals surface area contributed by atoms with E-state index in [2.05, 4.69) is 5.32 Å². The zero-order valence-electron chi connectivity index (χ0n) is 20.0. The number of amides is 1. The fourth-order valence-electron chi connectivity index (χ4n) is 3.79. The summed E-state index contributed by atoms with van der Waals surface area (Å²) in [7, 11) is 5.74. The first-order valence-corrected chi connectivity index (χ1v) is 11.4. The summed E-state index contributed by atoms with van der Waals surface area (Å²) < 4.78 is 31.9. The number of rotatable bonds is 8. The number of hydrogen-bond acceptors (Lipinski definition) is 9. The number of ether oxygens (including phenoxy) is 6. The van der Waals surface area contributed by atoms with Crippen LogP contribution in [0.5, 0.6) is 28.7 Å². The number of esters is 1. The molecule has 0 saturated heterocycles. The van der Waals surface area contributed by atoms with Gasteiger partial charge in [0.25, 0.3) is 5.91 Å². The average molecular weight is 500 g/mol. The first-order chi connectivity index (χ1) is 16.9. The molecule has 1 aliphatic heterocycles. The van der Waals surface area contributed by atoms with Crippen LogP contribution in [0.25, 0.3) is 0 Å². The van der Waals surface area contributed by atoms with Crippen molar-refractivity contribution in [3.05, 3.63) is 57.5 Å². The van der Waals surface area contributed by atoms with E-state index in [0.717, 1.165) is 16.0 Å². The van der Waals surface area contributed by atoms with Crippen molar-refractivity contribution in [1.82, 2.24) is 0 Å². The van der Waals surface area contributed by atoms with Gasteiger partial charge in [-0.1, -0.05) is 6.07 Å². The van der Waals surface area contributed by atoms with E-state index >= 15 is 0 Å². The van der Waals surface area contributed by atoms with Gasteiger partial charge in [-0.05, 0) is 42.3 Å². The third kappa shape index (κ3) is 4.69. The zero-order valence-corrected chi connectivity index (χ0v) is 20.8. The summed E-state index contributed by atoms with van der Waals surface area (Å²) in [6.07, 6.45) is 0.539. The summed E-state index contributed by atoms with van der Waals surface area (Å²) in [4.78, 5) is 26.7. The van der Waals surface area contributed by atoms with Gasteiger partial charge < -0.3 is 33.7 Å². The van der Waals surface area contributed by atoms with Crippen LogP contribution < -0.4 is 29.0 Å². The highest BCUT2D eigenvalue weighted by Gasteiger charge is 2.25. The first-order valence-electron chi connectivity index (χ1n) is 10.6. The number of carbonyl (C=O) groups is 2. The molecule has 1 N–H and O–H groups in total. The Labute approximate surface area is 206 Å². The molecule has 3 aromatic rings. The Balaban J connectivity index is 1.66. The van der Waals surface area contributed by atoms with Crippen LogP contribution >= 0.6 is 11.3 Å². The molecular weight excluding hydrogens is 474 g/mol. The summed E-state index contributed by atoms with van der Waals surface area (Å²) >= 11 is 1.32. The molecule has 2 heterocycles. The van der Waals surface area contributed by atoms with Crippen molar-refractivity contribution >= 4 is 28.2 Å². The van der Waals surface area contributed by atoms with Gasteiger partial charge in [0, 0.05) is 16.9 Å². The number of methoxy groups -OCH3 is 4. The highest BCUT2D eigenvalue weighted by Crippen LogP contribution is 2.40. The summed E-state index contributed by atoms with van der Waals surface area (Å²) in [5, 5.41) is 3.25. The molecular formula is C25H25NO8S. The van der Waals surface area contributed by atoms with Crippen molar-refractivity contribution in [3.63, 3.8) is 0 Å². The third-order valence-corrected chi connectivity index (χ3v) is 6.80. The van der Waals surface area contributed by atoms with E-state index in [9.17, 15) is 9.59 Å². The smallest absolute Gasteiger partial charge is 0.341 e. The van der Waals surface area contributed by atoms with Crippen molar-refractivity contribution in [2.24, 2.45) is 0 Å². The summed E-state index contributed by atoms with van der Waals surface area (Å²) in [6, 6.07) is 8.80. The second-order valence-electron chi connectivity index (χ2n) is 7.58. The van der Waals surface area contributed by atoms with Crippen molar-refractivity contribution in [2.75, 3.05) is 40.5 Å². The first kappa shape index (κ1) is 24.2. The van der Waals surface area contributed by atoms with Crippen LogP contribution in [-0.4, -0.2) is 47.1 Å². The molecule has 2 aromatic carbocycles. The number of nitrogens with one attached hydrogen (secondary N) is 1. The fourth-order valence-corrected chi connectivity index (χ4v) is 5.01. The van der Waals surface area contributed by atoms with E-state index in [1.807, 2.05) is 25.1 Å². The molecule has 0 unspecified atom stereocenters. The predicted molar refractivity (Wildman–Crippen MR) is 130 cm³/mol. The maximum absolute atomic E-state index is 13.2. The van der Waals surface area contributed by atoms with Crippen LogP contribution in [-0.2, 0) is 11.2 Å². The molecule has 9 nitrogen and oxygen atoms in total. The minimum Gasteiger partial charge on any atom is -0.493 e. The number of hydrogen-bond donors (Lipinski definition) is 1. The molecule has 0 radical (unpaired) electrons. The number of carbonyl (C=O) groups excluding carboxylic acids is 2. The lowest BCUT2D eigenvalue weighted by molar-refractivity contribution is 0.0601. The van der Waals surface area contributed by atoms with Gasteiger partial charge in [0.15, 0.2) is 23.0 Å². The van der Waals surface area contributed by atoms with Gasteiger partial charge in [-0.25, -0.2) is 4.79 Å². The molecule has 1 aromatic heterocycles. The molecule has 0 saturated carbocycles. The van der Waals surface area contributed by atoms with Crippen molar-refractivity contribution < 1.29 is 38.0 Å². The molecule has 1 aliphatic rings. The zero-order chi connectivity index (χ0) is 25.1. The van der Waals surface area contributed by atoms with Crippen LogP contribution in [0.1, 0.15) is 36.7 Å². The second-order valence-corrected chi connectivity index (χ2v) is 8.68. The highest BCUT2D eigenvalue weighted by atomic mass is 32.1. The van der Waals surface area contributed by atoms with Crippen LogP contribution in [0, 0.1) is 6.92 Å². The SMILES string of the molecule is COC(=O)c1c(NC(=O)c2cc(OC)c(OC)c(OC)c2)sc(Cc2ccc3c(c2)OCO3)c1C. The Hall–Kier alpha value is -3.92. The molecule has 0 fully saturated rings. The summed E-state index contributed by atoms with van der Waals surface area (Å²) in [5.74, 6) is 1.47. The summed E-state index contributed by atoms with van der Waals surface area (Å²) in [5.41, 5.74) is 2.31. The molecule has 0 atom stereocenters. The Kier molecular flexibility index (Phi) is 7.02. The Bertz CT molecular complexity index is 1260. The third-order valence-electron chi connectivity index (χ3n) is 5.59. The standard InChI is InChI=1S/C25H25NO8S/c1-13-20(9-14-6-7-16-17(8-14)34-12-33-16)35-24(21(13)25(28)32-5)26-23(27)15-10-18(29-2)22(31-4)19(11-15)30-3/h6-8,10-11H,9,12H2,1-5H3,(H,26,27). The van der Waals surface area contributed by atoms with Crippen LogP contribution in [0.15, 0.2) is 30.3 Å². The Morgan fingerprint density at radius 2 is 1.66 bits per heavy atom. The molecule has 0 bridgehead atoms. The van der Waals surface area contributed by atoms with Gasteiger partial charge in [-0.2, -0.15) is 0 Å². The van der Waals surface area contributed by atoms with E-state index in [1.165, 1.54) is 39.8 Å². The van der Waals surface area contributed by atoms with Crippen molar-refractivity contribution in [2.45, 2.75) is 13.3 Å².